The zero-order valence-corrected chi connectivity index (χ0v) is 23.5. The highest BCUT2D eigenvalue weighted by atomic mass is 16.6. The van der Waals surface area contributed by atoms with Crippen LogP contribution in [-0.4, -0.2) is 66.2 Å². The molecule has 2 saturated heterocycles. The van der Waals surface area contributed by atoms with E-state index >= 15 is 0 Å². The number of hydrogen-bond acceptors (Lipinski definition) is 6. The van der Waals surface area contributed by atoms with E-state index in [0.717, 1.165) is 35.1 Å². The molecule has 2 aromatic rings. The third kappa shape index (κ3) is 5.85. The number of esters is 1. The Morgan fingerprint density at radius 1 is 1.07 bits per heavy atom. The molecule has 2 fully saturated rings. The first kappa shape index (κ1) is 28.4. The fraction of sp³-hybridized carbons (Fsp3) is 0.455. The van der Waals surface area contributed by atoms with Gasteiger partial charge in [-0.1, -0.05) is 68.1 Å². The molecule has 0 bridgehead atoms. The molecule has 214 valence electrons. The number of nitriles is 1. The Labute approximate surface area is 241 Å². The first-order valence-corrected chi connectivity index (χ1v) is 14.5. The molecular formula is C33H37N3O5. The van der Waals surface area contributed by atoms with Gasteiger partial charge in [0.25, 0.3) is 0 Å². The average Bonchev–Trinajstić information content (AvgIpc) is 3.73. The molecule has 0 radical (unpaired) electrons. The van der Waals surface area contributed by atoms with Crippen molar-refractivity contribution in [3.05, 3.63) is 72.3 Å². The van der Waals surface area contributed by atoms with Crippen molar-refractivity contribution < 1.29 is 23.9 Å². The molecule has 2 aromatic carbocycles. The van der Waals surface area contributed by atoms with Gasteiger partial charge in [-0.25, -0.2) is 9.59 Å². The second-order valence-electron chi connectivity index (χ2n) is 11.3. The minimum atomic E-state index is -0.747. The Bertz CT molecular complexity index is 1300. The maximum atomic E-state index is 13.4. The van der Waals surface area contributed by atoms with Gasteiger partial charge in [-0.15, -0.1) is 0 Å². The van der Waals surface area contributed by atoms with Gasteiger partial charge in [0.1, 0.15) is 25.3 Å². The molecule has 8 heteroatoms. The Kier molecular flexibility index (Phi) is 8.72. The van der Waals surface area contributed by atoms with E-state index in [0.29, 0.717) is 32.4 Å². The molecule has 8 nitrogen and oxygen atoms in total. The van der Waals surface area contributed by atoms with Crippen molar-refractivity contribution in [3.63, 3.8) is 0 Å². The van der Waals surface area contributed by atoms with Crippen LogP contribution in [0.25, 0.3) is 11.1 Å². The quantitative estimate of drug-likeness (QED) is 0.308. The van der Waals surface area contributed by atoms with Crippen molar-refractivity contribution in [1.82, 2.24) is 9.80 Å². The molecule has 3 aliphatic rings. The predicted octanol–water partition coefficient (Wildman–Crippen LogP) is 5.29. The molecule has 0 spiro atoms. The summed E-state index contributed by atoms with van der Waals surface area (Å²) in [5, 5.41) is 9.36. The fourth-order valence-electron chi connectivity index (χ4n) is 6.53. The molecule has 4 atom stereocenters. The number of likely N-dealkylation sites (tertiary alicyclic amines) is 2. The first-order valence-electron chi connectivity index (χ1n) is 14.5. The highest BCUT2D eigenvalue weighted by Crippen LogP contribution is 2.44. The Balaban J connectivity index is 1.23. The fourth-order valence-corrected chi connectivity index (χ4v) is 6.53. The van der Waals surface area contributed by atoms with Crippen molar-refractivity contribution in [2.75, 3.05) is 26.3 Å². The minimum Gasteiger partial charge on any atom is -0.460 e. The maximum absolute atomic E-state index is 13.4. The lowest BCUT2D eigenvalue weighted by atomic mass is 9.94. The molecule has 41 heavy (non-hydrogen) atoms. The summed E-state index contributed by atoms with van der Waals surface area (Å²) in [6.45, 7) is 6.72. The summed E-state index contributed by atoms with van der Waals surface area (Å²) in [5.74, 6) is -0.761. The molecule has 0 N–H and O–H groups in total. The van der Waals surface area contributed by atoms with Gasteiger partial charge in [-0.3, -0.25) is 9.69 Å². The van der Waals surface area contributed by atoms with Gasteiger partial charge in [-0.2, -0.15) is 5.26 Å². The highest BCUT2D eigenvalue weighted by Gasteiger charge is 2.42. The van der Waals surface area contributed by atoms with Crippen molar-refractivity contribution in [1.29, 1.82) is 5.26 Å². The van der Waals surface area contributed by atoms with E-state index in [1.165, 1.54) is 11.0 Å². The Morgan fingerprint density at radius 3 is 2.41 bits per heavy atom. The third-order valence-corrected chi connectivity index (χ3v) is 8.69. The third-order valence-electron chi connectivity index (χ3n) is 8.69. The number of ether oxygens (including phenoxy) is 2. The molecule has 2 aliphatic heterocycles. The standard InChI is InChI=1S/C33H37N3O5/c1-3-17-40-32(38)30-18-23(15-14-22(2)31(37)35-16-8-9-24(35)19-34)20-36(30)33(39)41-21-29-27-12-6-4-10-25(27)26-11-5-7-13-28(26)29/h3-7,10-13,22-24,29-30H,1,8-9,14-18,20-21H2,2H3/t22-,23-,24-,30?/m0/s1. The molecule has 2 amide bonds. The number of benzene rings is 2. The summed E-state index contributed by atoms with van der Waals surface area (Å²) in [6.07, 6.45) is 4.28. The van der Waals surface area contributed by atoms with E-state index in [1.807, 2.05) is 31.2 Å². The molecule has 1 aliphatic carbocycles. The van der Waals surface area contributed by atoms with E-state index < -0.39 is 18.1 Å². The van der Waals surface area contributed by atoms with Crippen LogP contribution in [0.2, 0.25) is 0 Å². The van der Waals surface area contributed by atoms with E-state index in [-0.39, 0.29) is 42.9 Å². The van der Waals surface area contributed by atoms with Crippen molar-refractivity contribution in [2.24, 2.45) is 11.8 Å². The molecule has 0 saturated carbocycles. The van der Waals surface area contributed by atoms with Crippen molar-refractivity contribution in [2.45, 2.75) is 57.0 Å². The summed E-state index contributed by atoms with van der Waals surface area (Å²) in [5.41, 5.74) is 4.54. The van der Waals surface area contributed by atoms with Crippen LogP contribution in [0, 0.1) is 23.2 Å². The van der Waals surface area contributed by atoms with Crippen LogP contribution in [0.1, 0.15) is 56.1 Å². The lowest BCUT2D eigenvalue weighted by Crippen LogP contribution is -2.42. The monoisotopic (exact) mass is 555 g/mol. The second kappa shape index (κ2) is 12.6. The maximum Gasteiger partial charge on any atom is 0.410 e. The molecule has 2 heterocycles. The van der Waals surface area contributed by atoms with Gasteiger partial charge in [0, 0.05) is 24.9 Å². The first-order chi connectivity index (χ1) is 19.9. The lowest BCUT2D eigenvalue weighted by Gasteiger charge is -2.24. The van der Waals surface area contributed by atoms with Gasteiger partial charge >= 0.3 is 12.1 Å². The second-order valence-corrected chi connectivity index (χ2v) is 11.3. The number of carbonyl (C=O) groups excluding carboxylic acids is 3. The van der Waals surface area contributed by atoms with E-state index in [1.54, 1.807) is 4.90 Å². The zero-order valence-electron chi connectivity index (χ0n) is 23.5. The van der Waals surface area contributed by atoms with Crippen LogP contribution in [0.5, 0.6) is 0 Å². The number of rotatable bonds is 9. The van der Waals surface area contributed by atoms with Crippen molar-refractivity contribution in [3.8, 4) is 17.2 Å². The molecule has 1 unspecified atom stereocenters. The topological polar surface area (TPSA) is 99.9 Å². The lowest BCUT2D eigenvalue weighted by molar-refractivity contribution is -0.147. The predicted molar refractivity (Wildman–Crippen MR) is 154 cm³/mol. The van der Waals surface area contributed by atoms with E-state index in [9.17, 15) is 19.6 Å². The van der Waals surface area contributed by atoms with Gasteiger partial charge in [0.2, 0.25) is 5.91 Å². The van der Waals surface area contributed by atoms with Crippen LogP contribution >= 0.6 is 0 Å². The summed E-state index contributed by atoms with van der Waals surface area (Å²) in [7, 11) is 0. The number of fused-ring (bicyclic) bond motifs is 3. The number of nitrogens with zero attached hydrogens (tertiary/aromatic N) is 3. The number of hydrogen-bond donors (Lipinski definition) is 0. The van der Waals surface area contributed by atoms with Crippen LogP contribution in [0.15, 0.2) is 61.2 Å². The van der Waals surface area contributed by atoms with Gasteiger partial charge in [0.05, 0.1) is 6.07 Å². The summed E-state index contributed by atoms with van der Waals surface area (Å²) in [6, 6.07) is 17.5. The van der Waals surface area contributed by atoms with E-state index in [2.05, 4.69) is 36.9 Å². The normalized spacial score (nSPS) is 22.0. The highest BCUT2D eigenvalue weighted by molar-refractivity contribution is 5.83. The molecule has 0 aromatic heterocycles. The smallest absolute Gasteiger partial charge is 0.410 e. The van der Waals surface area contributed by atoms with Crippen LogP contribution in [0.4, 0.5) is 4.79 Å². The Morgan fingerprint density at radius 2 is 1.76 bits per heavy atom. The largest absolute Gasteiger partial charge is 0.460 e. The van der Waals surface area contributed by atoms with Gasteiger partial charge in [-0.05, 0) is 60.3 Å². The molecular weight excluding hydrogens is 518 g/mol. The Hall–Kier alpha value is -4.12. The zero-order chi connectivity index (χ0) is 28.9. The SMILES string of the molecule is C=CCOC(=O)C1C[C@H](CC[C@H](C)C(=O)N2CCC[C@H]2C#N)CN1C(=O)OCC1c2ccccc2-c2ccccc21. The van der Waals surface area contributed by atoms with Gasteiger partial charge in [0.15, 0.2) is 0 Å². The minimum absolute atomic E-state index is 0.00221. The summed E-state index contributed by atoms with van der Waals surface area (Å²) >= 11 is 0. The number of amides is 2. The van der Waals surface area contributed by atoms with Crippen LogP contribution in [0.3, 0.4) is 0 Å². The average molecular weight is 556 g/mol. The van der Waals surface area contributed by atoms with Crippen molar-refractivity contribution >= 4 is 18.0 Å². The number of carbonyl (C=O) groups is 3. The van der Waals surface area contributed by atoms with Crippen LogP contribution in [-0.2, 0) is 19.1 Å². The van der Waals surface area contributed by atoms with Gasteiger partial charge < -0.3 is 14.4 Å². The van der Waals surface area contributed by atoms with E-state index in [4.69, 9.17) is 9.47 Å². The van der Waals surface area contributed by atoms with Crippen LogP contribution < -0.4 is 0 Å². The molecule has 5 rings (SSSR count). The summed E-state index contributed by atoms with van der Waals surface area (Å²) in [4.78, 5) is 42.5. The summed E-state index contributed by atoms with van der Waals surface area (Å²) < 4.78 is 11.2.